The Labute approximate surface area is 127 Å². The Morgan fingerprint density at radius 3 is 2.30 bits per heavy atom. The third kappa shape index (κ3) is 3.07. The second-order valence-corrected chi connectivity index (χ2v) is 6.90. The standard InChI is InChI=1S/C14H13BrF3NS/c1-7-5-10(8(2)20-7)13(19)11-6-9(14(16,17)18)3-4-12(11)15/h3-6,13H,19H2,1-2H3. The van der Waals surface area contributed by atoms with E-state index in [1.165, 1.54) is 6.07 Å². The van der Waals surface area contributed by atoms with Crippen molar-refractivity contribution in [3.8, 4) is 0 Å². The lowest BCUT2D eigenvalue weighted by atomic mass is 9.98. The van der Waals surface area contributed by atoms with Crippen LogP contribution in [0.2, 0.25) is 0 Å². The highest BCUT2D eigenvalue weighted by Crippen LogP contribution is 2.36. The van der Waals surface area contributed by atoms with Gasteiger partial charge in [0.05, 0.1) is 11.6 Å². The molecule has 0 aliphatic carbocycles. The largest absolute Gasteiger partial charge is 0.416 e. The number of nitrogens with two attached hydrogens (primary N) is 1. The number of aryl methyl sites for hydroxylation is 2. The Hall–Kier alpha value is -0.850. The van der Waals surface area contributed by atoms with Gasteiger partial charge in [-0.05, 0) is 49.2 Å². The first-order chi connectivity index (χ1) is 9.20. The molecule has 2 aromatic rings. The van der Waals surface area contributed by atoms with Crippen molar-refractivity contribution in [3.05, 3.63) is 55.2 Å². The van der Waals surface area contributed by atoms with Crippen LogP contribution in [0.5, 0.6) is 0 Å². The van der Waals surface area contributed by atoms with E-state index >= 15 is 0 Å². The second-order valence-electron chi connectivity index (χ2n) is 4.58. The van der Waals surface area contributed by atoms with Gasteiger partial charge in [-0.1, -0.05) is 15.9 Å². The lowest BCUT2D eigenvalue weighted by Gasteiger charge is -2.16. The number of alkyl halides is 3. The summed E-state index contributed by atoms with van der Waals surface area (Å²) in [4.78, 5) is 2.12. The van der Waals surface area contributed by atoms with Gasteiger partial charge in [-0.15, -0.1) is 11.3 Å². The number of thiophene rings is 1. The Bertz CT molecular complexity index is 634. The van der Waals surface area contributed by atoms with Crippen LogP contribution in [0.25, 0.3) is 0 Å². The molecule has 1 nitrogen and oxygen atoms in total. The number of hydrogen-bond donors (Lipinski definition) is 1. The van der Waals surface area contributed by atoms with Crippen LogP contribution in [0.3, 0.4) is 0 Å². The summed E-state index contributed by atoms with van der Waals surface area (Å²) in [5.74, 6) is 0. The molecule has 6 heteroatoms. The molecule has 0 radical (unpaired) electrons. The lowest BCUT2D eigenvalue weighted by molar-refractivity contribution is -0.137. The van der Waals surface area contributed by atoms with E-state index in [2.05, 4.69) is 15.9 Å². The van der Waals surface area contributed by atoms with Crippen molar-refractivity contribution in [1.82, 2.24) is 0 Å². The summed E-state index contributed by atoms with van der Waals surface area (Å²) in [6.45, 7) is 3.88. The van der Waals surface area contributed by atoms with Gasteiger partial charge in [0, 0.05) is 14.2 Å². The van der Waals surface area contributed by atoms with E-state index in [1.807, 2.05) is 19.9 Å². The van der Waals surface area contributed by atoms with Crippen molar-refractivity contribution >= 4 is 27.3 Å². The van der Waals surface area contributed by atoms with Crippen molar-refractivity contribution < 1.29 is 13.2 Å². The van der Waals surface area contributed by atoms with Crippen molar-refractivity contribution in [2.24, 2.45) is 5.73 Å². The minimum absolute atomic E-state index is 0.445. The molecule has 1 unspecified atom stereocenters. The zero-order chi connectivity index (χ0) is 15.1. The summed E-state index contributed by atoms with van der Waals surface area (Å²) in [7, 11) is 0. The van der Waals surface area contributed by atoms with Gasteiger partial charge in [0.1, 0.15) is 0 Å². The lowest BCUT2D eigenvalue weighted by Crippen LogP contribution is -2.14. The molecule has 2 rings (SSSR count). The van der Waals surface area contributed by atoms with Crippen LogP contribution in [-0.2, 0) is 6.18 Å². The maximum atomic E-state index is 12.8. The summed E-state index contributed by atoms with van der Waals surface area (Å²) in [6, 6.07) is 4.91. The van der Waals surface area contributed by atoms with Crippen LogP contribution in [0.1, 0.15) is 32.5 Å². The first-order valence-electron chi connectivity index (χ1n) is 5.89. The predicted molar refractivity (Wildman–Crippen MR) is 79.0 cm³/mol. The summed E-state index contributed by atoms with van der Waals surface area (Å²) < 4.78 is 39.0. The molecule has 0 aliphatic heterocycles. The molecule has 0 spiro atoms. The van der Waals surface area contributed by atoms with Crippen LogP contribution in [0.4, 0.5) is 13.2 Å². The number of hydrogen-bond acceptors (Lipinski definition) is 2. The van der Waals surface area contributed by atoms with Crippen molar-refractivity contribution in [3.63, 3.8) is 0 Å². The van der Waals surface area contributed by atoms with Gasteiger partial charge in [0.2, 0.25) is 0 Å². The van der Waals surface area contributed by atoms with Crippen LogP contribution in [-0.4, -0.2) is 0 Å². The topological polar surface area (TPSA) is 26.0 Å². The highest BCUT2D eigenvalue weighted by molar-refractivity contribution is 9.10. The Kier molecular flexibility index (Phi) is 4.27. The highest BCUT2D eigenvalue weighted by Gasteiger charge is 2.31. The van der Waals surface area contributed by atoms with Crippen LogP contribution >= 0.6 is 27.3 Å². The van der Waals surface area contributed by atoms with E-state index in [0.29, 0.717) is 10.0 Å². The molecule has 108 valence electrons. The number of halogens is 4. The van der Waals surface area contributed by atoms with Crippen LogP contribution < -0.4 is 5.73 Å². The zero-order valence-corrected chi connectivity index (χ0v) is 13.3. The van der Waals surface area contributed by atoms with Gasteiger partial charge in [-0.3, -0.25) is 0 Å². The number of rotatable bonds is 2. The van der Waals surface area contributed by atoms with E-state index in [4.69, 9.17) is 5.73 Å². The van der Waals surface area contributed by atoms with E-state index in [0.717, 1.165) is 27.5 Å². The van der Waals surface area contributed by atoms with Crippen LogP contribution in [0, 0.1) is 13.8 Å². The maximum absolute atomic E-state index is 12.8. The SMILES string of the molecule is Cc1cc(C(N)c2cc(C(F)(F)F)ccc2Br)c(C)s1. The average molecular weight is 364 g/mol. The van der Waals surface area contributed by atoms with Gasteiger partial charge in [0.15, 0.2) is 0 Å². The molecule has 1 aromatic heterocycles. The van der Waals surface area contributed by atoms with Gasteiger partial charge < -0.3 is 5.73 Å². The molecular formula is C14H13BrF3NS. The summed E-state index contributed by atoms with van der Waals surface area (Å²) in [6.07, 6.45) is -4.37. The minimum Gasteiger partial charge on any atom is -0.320 e. The van der Waals surface area contributed by atoms with Gasteiger partial charge >= 0.3 is 6.18 Å². The van der Waals surface area contributed by atoms with Gasteiger partial charge in [-0.25, -0.2) is 0 Å². The molecule has 20 heavy (non-hydrogen) atoms. The normalized spacial score (nSPS) is 13.6. The molecule has 0 aliphatic rings. The molecule has 1 heterocycles. The summed E-state index contributed by atoms with van der Waals surface area (Å²) in [5, 5.41) is 0. The number of benzene rings is 1. The maximum Gasteiger partial charge on any atom is 0.416 e. The molecule has 1 aromatic carbocycles. The van der Waals surface area contributed by atoms with Crippen molar-refractivity contribution in [2.45, 2.75) is 26.1 Å². The van der Waals surface area contributed by atoms with Crippen molar-refractivity contribution in [1.29, 1.82) is 0 Å². The third-order valence-electron chi connectivity index (χ3n) is 3.07. The van der Waals surface area contributed by atoms with E-state index < -0.39 is 17.8 Å². The Morgan fingerprint density at radius 1 is 1.15 bits per heavy atom. The first kappa shape index (κ1) is 15.5. The average Bonchev–Trinajstić information content (AvgIpc) is 2.66. The van der Waals surface area contributed by atoms with E-state index in [1.54, 1.807) is 11.3 Å². The molecule has 0 amide bonds. The van der Waals surface area contributed by atoms with Gasteiger partial charge in [0.25, 0.3) is 0 Å². The van der Waals surface area contributed by atoms with E-state index in [9.17, 15) is 13.2 Å². The smallest absolute Gasteiger partial charge is 0.320 e. The predicted octanol–water partition coefficient (Wildman–Crippen LogP) is 5.19. The molecule has 0 saturated carbocycles. The van der Waals surface area contributed by atoms with E-state index in [-0.39, 0.29) is 0 Å². The quantitative estimate of drug-likeness (QED) is 0.779. The molecule has 0 bridgehead atoms. The molecule has 1 atom stereocenters. The van der Waals surface area contributed by atoms with Crippen molar-refractivity contribution in [2.75, 3.05) is 0 Å². The Balaban J connectivity index is 2.49. The molecule has 0 saturated heterocycles. The fourth-order valence-electron chi connectivity index (χ4n) is 2.09. The minimum atomic E-state index is -4.37. The first-order valence-corrected chi connectivity index (χ1v) is 7.50. The Morgan fingerprint density at radius 2 is 1.80 bits per heavy atom. The second kappa shape index (κ2) is 5.50. The third-order valence-corrected chi connectivity index (χ3v) is 4.78. The van der Waals surface area contributed by atoms with Gasteiger partial charge in [-0.2, -0.15) is 13.2 Å². The summed E-state index contributed by atoms with van der Waals surface area (Å²) >= 11 is 4.87. The monoisotopic (exact) mass is 363 g/mol. The van der Waals surface area contributed by atoms with Crippen LogP contribution in [0.15, 0.2) is 28.7 Å². The fourth-order valence-corrected chi connectivity index (χ4v) is 3.55. The molecular weight excluding hydrogens is 351 g/mol. The fraction of sp³-hybridized carbons (Fsp3) is 0.286. The zero-order valence-electron chi connectivity index (χ0n) is 10.9. The molecule has 0 fully saturated rings. The highest BCUT2D eigenvalue weighted by atomic mass is 79.9. The summed E-state index contributed by atoms with van der Waals surface area (Å²) in [5.41, 5.74) is 6.78. The molecule has 2 N–H and O–H groups in total.